The topological polar surface area (TPSA) is 118 Å². The maximum absolute atomic E-state index is 13.3. The summed E-state index contributed by atoms with van der Waals surface area (Å²) in [5.74, 6) is -1.68. The zero-order valence-electron chi connectivity index (χ0n) is 20.3. The Labute approximate surface area is 204 Å². The summed E-state index contributed by atoms with van der Waals surface area (Å²) >= 11 is 0. The van der Waals surface area contributed by atoms with Gasteiger partial charge < -0.3 is 20.2 Å². The number of anilines is 1. The Hall–Kier alpha value is -3.40. The maximum Gasteiger partial charge on any atom is 0.280 e. The molecule has 3 atom stereocenters. The Morgan fingerprint density at radius 2 is 2.11 bits per heavy atom. The van der Waals surface area contributed by atoms with E-state index in [-0.39, 0.29) is 41.3 Å². The molecule has 4 heterocycles. The number of amides is 3. The first-order valence-electron chi connectivity index (χ1n) is 12.3. The summed E-state index contributed by atoms with van der Waals surface area (Å²) in [4.78, 5) is 46.7. The summed E-state index contributed by atoms with van der Waals surface area (Å²) in [7, 11) is 0. The van der Waals surface area contributed by atoms with Crippen molar-refractivity contribution < 1.29 is 19.5 Å². The number of carbonyl (C=O) groups excluding carboxylic acids is 3. The average molecular weight is 481 g/mol. The number of nitrogens with zero attached hydrogens (tertiary/aromatic N) is 4. The lowest BCUT2D eigenvalue weighted by molar-refractivity contribution is -0.142. The highest BCUT2D eigenvalue weighted by Gasteiger charge is 2.51. The third kappa shape index (κ3) is 4.27. The van der Waals surface area contributed by atoms with E-state index in [9.17, 15) is 19.5 Å². The Kier molecular flexibility index (Phi) is 6.00. The molecule has 10 heteroatoms. The van der Waals surface area contributed by atoms with E-state index in [0.717, 1.165) is 30.5 Å². The fraction of sp³-hybridized carbons (Fsp3) is 0.520. The number of carbonyl (C=O) groups is 3. The van der Waals surface area contributed by atoms with Crippen molar-refractivity contribution in [3.05, 3.63) is 47.6 Å². The second-order valence-electron chi connectivity index (χ2n) is 10.2. The predicted molar refractivity (Wildman–Crippen MR) is 129 cm³/mol. The first-order valence-corrected chi connectivity index (χ1v) is 12.3. The highest BCUT2D eigenvalue weighted by molar-refractivity contribution is 6.19. The Balaban J connectivity index is 1.42. The molecular formula is C25H32N6O4. The molecule has 186 valence electrons. The van der Waals surface area contributed by atoms with E-state index >= 15 is 0 Å². The van der Waals surface area contributed by atoms with Crippen molar-refractivity contribution in [2.24, 2.45) is 11.8 Å². The lowest BCUT2D eigenvalue weighted by Gasteiger charge is -2.42. The van der Waals surface area contributed by atoms with Crippen LogP contribution in [0.4, 0.5) is 5.69 Å². The smallest absolute Gasteiger partial charge is 0.280 e. The SMILES string of the molecule is CC(C)CN1C(O)=C(C(=O)NC2CC2)C(=O)N2NC(C)C(/C=C/C(=O)N3CCc4ccncc43)C12. The number of fused-ring (bicyclic) bond motifs is 2. The van der Waals surface area contributed by atoms with Crippen molar-refractivity contribution >= 4 is 23.4 Å². The van der Waals surface area contributed by atoms with Gasteiger partial charge in [0, 0.05) is 37.3 Å². The minimum absolute atomic E-state index is 0.0601. The van der Waals surface area contributed by atoms with Gasteiger partial charge in [-0.1, -0.05) is 19.9 Å². The molecule has 1 saturated carbocycles. The average Bonchev–Trinajstić information content (AvgIpc) is 3.41. The van der Waals surface area contributed by atoms with Crippen molar-refractivity contribution in [1.29, 1.82) is 0 Å². The van der Waals surface area contributed by atoms with E-state index in [1.807, 2.05) is 32.9 Å². The highest BCUT2D eigenvalue weighted by atomic mass is 16.3. The van der Waals surface area contributed by atoms with Gasteiger partial charge in [-0.3, -0.25) is 19.4 Å². The van der Waals surface area contributed by atoms with Crippen molar-refractivity contribution in [3.63, 3.8) is 0 Å². The molecule has 3 amide bonds. The molecule has 0 aromatic carbocycles. The van der Waals surface area contributed by atoms with Crippen LogP contribution in [0.5, 0.6) is 0 Å². The molecule has 1 aliphatic carbocycles. The summed E-state index contributed by atoms with van der Waals surface area (Å²) in [6, 6.07) is 1.79. The van der Waals surface area contributed by atoms with Gasteiger partial charge in [0.2, 0.25) is 5.88 Å². The number of aliphatic hydroxyl groups is 1. The fourth-order valence-corrected chi connectivity index (χ4v) is 5.10. The lowest BCUT2D eigenvalue weighted by atomic mass is 9.95. The van der Waals surface area contributed by atoms with Gasteiger partial charge in [-0.25, -0.2) is 10.4 Å². The molecule has 1 aromatic heterocycles. The molecule has 5 rings (SSSR count). The number of aromatic nitrogens is 1. The fourth-order valence-electron chi connectivity index (χ4n) is 5.10. The zero-order chi connectivity index (χ0) is 24.9. The van der Waals surface area contributed by atoms with Crippen LogP contribution in [0, 0.1) is 11.8 Å². The number of hydrazine groups is 1. The number of pyridine rings is 1. The van der Waals surface area contributed by atoms with Crippen molar-refractivity contribution in [2.75, 3.05) is 18.0 Å². The second-order valence-corrected chi connectivity index (χ2v) is 10.2. The quantitative estimate of drug-likeness (QED) is 0.414. The molecule has 10 nitrogen and oxygen atoms in total. The number of rotatable bonds is 6. The molecule has 35 heavy (non-hydrogen) atoms. The van der Waals surface area contributed by atoms with Gasteiger partial charge in [-0.15, -0.1) is 0 Å². The molecule has 1 saturated heterocycles. The van der Waals surface area contributed by atoms with E-state index in [2.05, 4.69) is 15.7 Å². The van der Waals surface area contributed by atoms with Crippen LogP contribution in [0.3, 0.4) is 0 Å². The van der Waals surface area contributed by atoms with Crippen LogP contribution in [0.25, 0.3) is 0 Å². The number of hydrogen-bond donors (Lipinski definition) is 3. The maximum atomic E-state index is 13.3. The Morgan fingerprint density at radius 3 is 2.83 bits per heavy atom. The number of nitrogens with one attached hydrogen (secondary N) is 2. The van der Waals surface area contributed by atoms with Crippen LogP contribution in [0.15, 0.2) is 42.1 Å². The monoisotopic (exact) mass is 480 g/mol. The first kappa shape index (κ1) is 23.3. The number of hydrogen-bond acceptors (Lipinski definition) is 7. The van der Waals surface area contributed by atoms with Crippen LogP contribution in [0.2, 0.25) is 0 Å². The molecule has 0 bridgehead atoms. The van der Waals surface area contributed by atoms with Crippen LogP contribution >= 0.6 is 0 Å². The standard InChI is InChI=1S/C25H32N6O4/c1-14(2)13-30-23-18(6-7-20(32)29-11-9-16-8-10-26-12-19(16)29)15(3)28-31(23)25(35)21(24(30)34)22(33)27-17-4-5-17/h6-8,10,12,14-15,17-18,23,28,34H,4-5,9,11,13H2,1-3H3,(H,27,33)/b7-6+. The molecule has 0 spiro atoms. The van der Waals surface area contributed by atoms with Gasteiger partial charge in [0.1, 0.15) is 6.17 Å². The van der Waals surface area contributed by atoms with Gasteiger partial charge in [0.25, 0.3) is 17.7 Å². The Morgan fingerprint density at radius 1 is 1.34 bits per heavy atom. The summed E-state index contributed by atoms with van der Waals surface area (Å²) in [5.41, 5.74) is 4.85. The first-order chi connectivity index (χ1) is 16.8. The van der Waals surface area contributed by atoms with Crippen LogP contribution in [-0.2, 0) is 20.8 Å². The molecule has 1 aromatic rings. The van der Waals surface area contributed by atoms with Crippen molar-refractivity contribution in [2.45, 2.75) is 58.3 Å². The van der Waals surface area contributed by atoms with Crippen LogP contribution < -0.4 is 15.6 Å². The molecule has 3 unspecified atom stereocenters. The highest BCUT2D eigenvalue weighted by Crippen LogP contribution is 2.35. The van der Waals surface area contributed by atoms with Gasteiger partial charge in [-0.2, -0.15) is 0 Å². The largest absolute Gasteiger partial charge is 0.494 e. The predicted octanol–water partition coefficient (Wildman–Crippen LogP) is 1.22. The van der Waals surface area contributed by atoms with Gasteiger partial charge >= 0.3 is 0 Å². The molecule has 0 radical (unpaired) electrons. The van der Waals surface area contributed by atoms with Crippen LogP contribution in [-0.4, -0.2) is 69.1 Å². The van der Waals surface area contributed by atoms with E-state index in [0.29, 0.717) is 13.1 Å². The zero-order valence-corrected chi connectivity index (χ0v) is 20.3. The lowest BCUT2D eigenvalue weighted by Crippen LogP contribution is -2.59. The minimum Gasteiger partial charge on any atom is -0.494 e. The summed E-state index contributed by atoms with van der Waals surface area (Å²) in [6.45, 7) is 6.99. The van der Waals surface area contributed by atoms with Crippen molar-refractivity contribution in [3.8, 4) is 0 Å². The van der Waals surface area contributed by atoms with Crippen LogP contribution in [0.1, 0.15) is 39.2 Å². The van der Waals surface area contributed by atoms with E-state index in [1.54, 1.807) is 28.3 Å². The summed E-state index contributed by atoms with van der Waals surface area (Å²) in [5, 5.41) is 15.4. The minimum atomic E-state index is -0.561. The molecule has 4 aliphatic rings. The number of aliphatic hydroxyl groups excluding tert-OH is 1. The molecule has 2 fully saturated rings. The van der Waals surface area contributed by atoms with Gasteiger partial charge in [0.15, 0.2) is 5.57 Å². The normalized spacial score (nSPS) is 26.1. The van der Waals surface area contributed by atoms with Crippen molar-refractivity contribution in [1.82, 2.24) is 25.6 Å². The summed E-state index contributed by atoms with van der Waals surface area (Å²) < 4.78 is 0. The molecule has 3 N–H and O–H groups in total. The summed E-state index contributed by atoms with van der Waals surface area (Å²) in [6.07, 6.45) is 8.77. The van der Waals surface area contributed by atoms with Gasteiger partial charge in [0.05, 0.1) is 11.9 Å². The van der Waals surface area contributed by atoms with E-state index in [1.165, 1.54) is 5.01 Å². The second kappa shape index (κ2) is 8.99. The third-order valence-electron chi connectivity index (χ3n) is 6.99. The van der Waals surface area contributed by atoms with E-state index in [4.69, 9.17) is 0 Å². The molecular weight excluding hydrogens is 448 g/mol. The van der Waals surface area contributed by atoms with E-state index < -0.39 is 18.0 Å². The molecule has 3 aliphatic heterocycles. The third-order valence-corrected chi connectivity index (χ3v) is 6.99. The Bertz CT molecular complexity index is 1110. The van der Waals surface area contributed by atoms with Gasteiger partial charge in [-0.05, 0) is 49.8 Å².